The van der Waals surface area contributed by atoms with Gasteiger partial charge in [-0.1, -0.05) is 17.7 Å². The van der Waals surface area contributed by atoms with Gasteiger partial charge in [0.2, 0.25) is 5.91 Å². The molecule has 2 aromatic rings. The molecule has 1 aliphatic heterocycles. The number of benzene rings is 2. The van der Waals surface area contributed by atoms with E-state index in [0.717, 1.165) is 11.3 Å². The van der Waals surface area contributed by atoms with Crippen molar-refractivity contribution in [1.82, 2.24) is 10.6 Å². The lowest BCUT2D eigenvalue weighted by molar-refractivity contribution is -0.151. The maximum Gasteiger partial charge on any atom is 0.258 e. The number of rotatable bonds is 6. The molecule has 2 bridgehead atoms. The van der Waals surface area contributed by atoms with E-state index in [0.29, 0.717) is 42.0 Å². The molecule has 1 heterocycles. The van der Waals surface area contributed by atoms with Crippen LogP contribution in [0.15, 0.2) is 36.4 Å². The Kier molecular flexibility index (Phi) is 4.85. The molecule has 0 spiro atoms. The number of nitrogens with one attached hydrogen (secondary N) is 2. The van der Waals surface area contributed by atoms with E-state index in [1.165, 1.54) is 6.07 Å². The van der Waals surface area contributed by atoms with E-state index in [4.69, 9.17) is 16.3 Å². The number of anilines is 1. The van der Waals surface area contributed by atoms with Crippen molar-refractivity contribution in [1.29, 1.82) is 0 Å². The van der Waals surface area contributed by atoms with Gasteiger partial charge >= 0.3 is 0 Å². The number of hydrogen-bond acceptors (Lipinski definition) is 4. The zero-order valence-corrected chi connectivity index (χ0v) is 18.8. The Morgan fingerprint density at radius 1 is 1.16 bits per heavy atom. The van der Waals surface area contributed by atoms with Crippen molar-refractivity contribution in [2.75, 3.05) is 18.6 Å². The number of carbonyl (C=O) groups is 2. The molecule has 4 aliphatic rings. The Balaban J connectivity index is 1.10. The number of carbonyl (C=O) groups excluding carboxylic acids is 2. The monoisotopic (exact) mass is 457 g/mol. The summed E-state index contributed by atoms with van der Waals surface area (Å²) in [4.78, 5) is 27.2. The highest BCUT2D eigenvalue weighted by Crippen LogP contribution is 2.60. The van der Waals surface area contributed by atoms with Crippen molar-refractivity contribution >= 4 is 29.1 Å². The third kappa shape index (κ3) is 3.58. The number of aryl methyl sites for hydroxylation is 1. The SMILES string of the molecule is Cc1ccc(OCC(=O)NC23CC(NC(=O)C4Cc5cc(Cl)ccc5N4C)(C2)C3)cc1F. The summed E-state index contributed by atoms with van der Waals surface area (Å²) in [6, 6.07) is 9.98. The Labute approximate surface area is 191 Å². The lowest BCUT2D eigenvalue weighted by atomic mass is 9.44. The molecule has 168 valence electrons. The van der Waals surface area contributed by atoms with E-state index in [1.54, 1.807) is 19.1 Å². The molecule has 8 heteroatoms. The molecular weight excluding hydrogens is 433 g/mol. The number of amides is 2. The summed E-state index contributed by atoms with van der Waals surface area (Å²) in [5.41, 5.74) is 2.13. The minimum absolute atomic E-state index is 0.00387. The molecule has 32 heavy (non-hydrogen) atoms. The summed E-state index contributed by atoms with van der Waals surface area (Å²) < 4.78 is 19.0. The van der Waals surface area contributed by atoms with Gasteiger partial charge in [-0.15, -0.1) is 0 Å². The topological polar surface area (TPSA) is 70.7 Å². The molecule has 2 amide bonds. The van der Waals surface area contributed by atoms with Crippen molar-refractivity contribution in [3.8, 4) is 5.75 Å². The van der Waals surface area contributed by atoms with Gasteiger partial charge in [0, 0.05) is 41.3 Å². The molecule has 6 rings (SSSR count). The van der Waals surface area contributed by atoms with Crippen LogP contribution in [0.25, 0.3) is 0 Å². The first-order valence-electron chi connectivity index (χ1n) is 10.7. The molecule has 1 atom stereocenters. The second-order valence-corrected chi connectivity index (χ2v) is 9.87. The van der Waals surface area contributed by atoms with Gasteiger partial charge in [0.15, 0.2) is 6.61 Å². The molecule has 0 radical (unpaired) electrons. The summed E-state index contributed by atoms with van der Waals surface area (Å²) >= 11 is 6.09. The summed E-state index contributed by atoms with van der Waals surface area (Å²) in [5.74, 6) is -0.274. The number of hydrogen-bond donors (Lipinski definition) is 2. The van der Waals surface area contributed by atoms with E-state index in [1.807, 2.05) is 30.1 Å². The Hall–Kier alpha value is -2.80. The van der Waals surface area contributed by atoms with Gasteiger partial charge in [-0.3, -0.25) is 9.59 Å². The number of likely N-dealkylation sites (N-methyl/N-ethyl adjacent to an activating group) is 1. The molecule has 6 nitrogen and oxygen atoms in total. The van der Waals surface area contributed by atoms with Crippen molar-refractivity contribution in [3.63, 3.8) is 0 Å². The summed E-state index contributed by atoms with van der Waals surface area (Å²) in [6.07, 6.45) is 2.77. The largest absolute Gasteiger partial charge is 0.484 e. The molecule has 3 saturated carbocycles. The summed E-state index contributed by atoms with van der Waals surface area (Å²) in [6.45, 7) is 1.50. The molecule has 3 fully saturated rings. The summed E-state index contributed by atoms with van der Waals surface area (Å²) in [5, 5.41) is 6.90. The van der Waals surface area contributed by atoms with Gasteiger partial charge in [0.25, 0.3) is 5.91 Å². The van der Waals surface area contributed by atoms with Gasteiger partial charge in [-0.05, 0) is 61.6 Å². The molecule has 3 aliphatic carbocycles. The van der Waals surface area contributed by atoms with Crippen molar-refractivity contribution in [2.24, 2.45) is 0 Å². The second kappa shape index (κ2) is 7.37. The highest BCUT2D eigenvalue weighted by Gasteiger charge is 2.69. The average molecular weight is 458 g/mol. The molecule has 0 saturated heterocycles. The first kappa shape index (κ1) is 21.1. The smallest absolute Gasteiger partial charge is 0.258 e. The number of ether oxygens (including phenoxy) is 1. The fourth-order valence-electron chi connectivity index (χ4n) is 5.39. The minimum atomic E-state index is -0.362. The maximum absolute atomic E-state index is 13.6. The van der Waals surface area contributed by atoms with Gasteiger partial charge < -0.3 is 20.3 Å². The van der Waals surface area contributed by atoms with Gasteiger partial charge in [-0.25, -0.2) is 4.39 Å². The van der Waals surface area contributed by atoms with E-state index in [9.17, 15) is 14.0 Å². The molecular formula is C24H25ClFN3O3. The molecule has 1 unspecified atom stereocenters. The van der Waals surface area contributed by atoms with Crippen LogP contribution in [0.2, 0.25) is 5.02 Å². The number of halogens is 2. The minimum Gasteiger partial charge on any atom is -0.484 e. The van der Waals surface area contributed by atoms with E-state index in [2.05, 4.69) is 10.6 Å². The van der Waals surface area contributed by atoms with Crippen LogP contribution in [0.1, 0.15) is 30.4 Å². The number of nitrogens with zero attached hydrogens (tertiary/aromatic N) is 1. The molecule has 0 aromatic heterocycles. The van der Waals surface area contributed by atoms with Crippen LogP contribution in [0.4, 0.5) is 10.1 Å². The zero-order chi connectivity index (χ0) is 22.7. The van der Waals surface area contributed by atoms with Gasteiger partial charge in [-0.2, -0.15) is 0 Å². The van der Waals surface area contributed by atoms with Crippen LogP contribution < -0.4 is 20.3 Å². The van der Waals surface area contributed by atoms with E-state index >= 15 is 0 Å². The Bertz CT molecular complexity index is 1100. The predicted octanol–water partition coefficient (Wildman–Crippen LogP) is 3.13. The highest BCUT2D eigenvalue weighted by molar-refractivity contribution is 6.30. The average Bonchev–Trinajstić information content (AvgIpc) is 3.02. The van der Waals surface area contributed by atoms with Crippen molar-refractivity contribution in [2.45, 2.75) is 49.7 Å². The van der Waals surface area contributed by atoms with Crippen LogP contribution in [-0.2, 0) is 16.0 Å². The van der Waals surface area contributed by atoms with Crippen LogP contribution in [0.3, 0.4) is 0 Å². The Morgan fingerprint density at radius 2 is 1.88 bits per heavy atom. The summed E-state index contributed by atoms with van der Waals surface area (Å²) in [7, 11) is 1.92. The first-order chi connectivity index (χ1) is 15.2. The normalized spacial score (nSPS) is 27.1. The van der Waals surface area contributed by atoms with Crippen LogP contribution >= 0.6 is 11.6 Å². The molecule has 2 N–H and O–H groups in total. The van der Waals surface area contributed by atoms with Crippen LogP contribution in [-0.4, -0.2) is 42.6 Å². The Morgan fingerprint density at radius 3 is 2.59 bits per heavy atom. The lowest BCUT2D eigenvalue weighted by Gasteiger charge is -2.70. The fraction of sp³-hybridized carbons (Fsp3) is 0.417. The molecule has 2 aromatic carbocycles. The third-order valence-electron chi connectivity index (χ3n) is 6.94. The highest BCUT2D eigenvalue weighted by atomic mass is 35.5. The van der Waals surface area contributed by atoms with Crippen LogP contribution in [0.5, 0.6) is 5.75 Å². The predicted molar refractivity (Wildman–Crippen MR) is 120 cm³/mol. The zero-order valence-electron chi connectivity index (χ0n) is 18.0. The van der Waals surface area contributed by atoms with E-state index in [-0.39, 0.29) is 41.4 Å². The van der Waals surface area contributed by atoms with Gasteiger partial charge in [0.1, 0.15) is 17.6 Å². The van der Waals surface area contributed by atoms with Crippen molar-refractivity contribution < 1.29 is 18.7 Å². The maximum atomic E-state index is 13.6. The number of fused-ring (bicyclic) bond motifs is 1. The third-order valence-corrected chi connectivity index (χ3v) is 7.18. The van der Waals surface area contributed by atoms with Crippen LogP contribution in [0, 0.1) is 12.7 Å². The standard InChI is InChI=1S/C24H25ClFN3O3/c1-14-3-5-17(9-18(14)26)32-10-21(30)27-23-11-24(12-23,13-23)28-22(31)20-8-15-7-16(25)4-6-19(15)29(20)2/h3-7,9,20H,8,10-13H2,1-2H3,(H,27,30)(H,28,31). The van der Waals surface area contributed by atoms with E-state index < -0.39 is 0 Å². The second-order valence-electron chi connectivity index (χ2n) is 9.43. The van der Waals surface area contributed by atoms with Gasteiger partial charge in [0.05, 0.1) is 0 Å². The lowest BCUT2D eigenvalue weighted by Crippen LogP contribution is -2.84. The van der Waals surface area contributed by atoms with Crippen molar-refractivity contribution in [3.05, 3.63) is 58.4 Å². The first-order valence-corrected chi connectivity index (χ1v) is 11.1. The fourth-order valence-corrected chi connectivity index (χ4v) is 5.58. The quantitative estimate of drug-likeness (QED) is 0.699.